The molecular formula is C15H19N3O. The molecule has 0 spiro atoms. The standard InChI is InChI=1S/C15H19N3O/c1-11(17-12(2)19)8-13-4-6-14(7-5-13)15-9-16-18(3)10-15/h4-7,9-11H,8H2,1-3H3,(H,17,19). The average Bonchev–Trinajstić information content (AvgIpc) is 2.75. The van der Waals surface area contributed by atoms with Crippen LogP contribution in [0.15, 0.2) is 36.7 Å². The van der Waals surface area contributed by atoms with Crippen molar-refractivity contribution in [1.29, 1.82) is 0 Å². The fourth-order valence-electron chi connectivity index (χ4n) is 2.16. The molecule has 4 nitrogen and oxygen atoms in total. The Morgan fingerprint density at radius 2 is 2.00 bits per heavy atom. The molecule has 1 N–H and O–H groups in total. The van der Waals surface area contributed by atoms with Gasteiger partial charge in [0.15, 0.2) is 0 Å². The first-order chi connectivity index (χ1) is 9.04. The number of nitrogens with one attached hydrogen (secondary N) is 1. The topological polar surface area (TPSA) is 46.9 Å². The van der Waals surface area contributed by atoms with Crippen molar-refractivity contribution < 1.29 is 4.79 Å². The Balaban J connectivity index is 2.04. The summed E-state index contributed by atoms with van der Waals surface area (Å²) in [5.74, 6) is 0.0134. The number of amides is 1. The van der Waals surface area contributed by atoms with Gasteiger partial charge in [-0.1, -0.05) is 24.3 Å². The first-order valence-corrected chi connectivity index (χ1v) is 6.39. The number of nitrogens with zero attached hydrogens (tertiary/aromatic N) is 2. The Morgan fingerprint density at radius 3 is 2.53 bits per heavy atom. The highest BCUT2D eigenvalue weighted by molar-refractivity contribution is 5.73. The minimum absolute atomic E-state index is 0.0134. The third-order valence-electron chi connectivity index (χ3n) is 2.98. The number of hydrogen-bond donors (Lipinski definition) is 1. The molecule has 2 aromatic rings. The van der Waals surface area contributed by atoms with Crippen LogP contribution in [0.2, 0.25) is 0 Å². The number of aryl methyl sites for hydroxylation is 1. The second kappa shape index (κ2) is 5.69. The van der Waals surface area contributed by atoms with Gasteiger partial charge in [-0.25, -0.2) is 0 Å². The summed E-state index contributed by atoms with van der Waals surface area (Å²) in [5.41, 5.74) is 3.49. The summed E-state index contributed by atoms with van der Waals surface area (Å²) in [6.07, 6.45) is 4.69. The van der Waals surface area contributed by atoms with E-state index in [1.807, 2.05) is 26.4 Å². The maximum absolute atomic E-state index is 11.0. The molecule has 19 heavy (non-hydrogen) atoms. The smallest absolute Gasteiger partial charge is 0.217 e. The Morgan fingerprint density at radius 1 is 1.32 bits per heavy atom. The third-order valence-corrected chi connectivity index (χ3v) is 2.98. The van der Waals surface area contributed by atoms with Crippen molar-refractivity contribution in [3.63, 3.8) is 0 Å². The lowest BCUT2D eigenvalue weighted by Gasteiger charge is -2.12. The monoisotopic (exact) mass is 257 g/mol. The summed E-state index contributed by atoms with van der Waals surface area (Å²) in [5, 5.41) is 7.05. The molecule has 1 unspecified atom stereocenters. The lowest BCUT2D eigenvalue weighted by Crippen LogP contribution is -2.31. The molecular weight excluding hydrogens is 238 g/mol. The first-order valence-electron chi connectivity index (χ1n) is 6.39. The second-order valence-corrected chi connectivity index (χ2v) is 4.91. The van der Waals surface area contributed by atoms with Crippen LogP contribution in [-0.2, 0) is 18.3 Å². The summed E-state index contributed by atoms with van der Waals surface area (Å²) < 4.78 is 1.79. The molecule has 1 atom stereocenters. The Bertz CT molecular complexity index is 557. The SMILES string of the molecule is CC(=O)NC(C)Cc1ccc(-c2cnn(C)c2)cc1. The van der Waals surface area contributed by atoms with E-state index in [-0.39, 0.29) is 11.9 Å². The number of benzene rings is 1. The predicted octanol–water partition coefficient (Wildman–Crippen LogP) is 2.15. The maximum atomic E-state index is 11.0. The Hall–Kier alpha value is -2.10. The molecule has 0 fully saturated rings. The van der Waals surface area contributed by atoms with Gasteiger partial charge in [-0.15, -0.1) is 0 Å². The molecule has 0 saturated heterocycles. The average molecular weight is 257 g/mol. The van der Waals surface area contributed by atoms with Crippen LogP contribution in [0.25, 0.3) is 11.1 Å². The van der Waals surface area contributed by atoms with Crippen molar-refractivity contribution in [1.82, 2.24) is 15.1 Å². The highest BCUT2D eigenvalue weighted by Crippen LogP contribution is 2.19. The molecule has 1 aromatic heterocycles. The van der Waals surface area contributed by atoms with E-state index >= 15 is 0 Å². The molecule has 2 rings (SSSR count). The van der Waals surface area contributed by atoms with E-state index in [1.54, 1.807) is 11.6 Å². The van der Waals surface area contributed by atoms with Gasteiger partial charge in [-0.05, 0) is 24.5 Å². The van der Waals surface area contributed by atoms with Crippen molar-refractivity contribution >= 4 is 5.91 Å². The van der Waals surface area contributed by atoms with E-state index in [0.29, 0.717) is 0 Å². The zero-order valence-electron chi connectivity index (χ0n) is 11.6. The molecule has 1 amide bonds. The molecule has 1 heterocycles. The van der Waals surface area contributed by atoms with E-state index in [2.05, 4.69) is 34.7 Å². The quantitative estimate of drug-likeness (QED) is 0.912. The van der Waals surface area contributed by atoms with Crippen LogP contribution in [0.1, 0.15) is 19.4 Å². The molecule has 0 radical (unpaired) electrons. The number of hydrogen-bond acceptors (Lipinski definition) is 2. The fourth-order valence-corrected chi connectivity index (χ4v) is 2.16. The van der Waals surface area contributed by atoms with Gasteiger partial charge in [0.05, 0.1) is 6.20 Å². The van der Waals surface area contributed by atoms with Gasteiger partial charge < -0.3 is 5.32 Å². The number of carbonyl (C=O) groups excluding carboxylic acids is 1. The molecule has 0 aliphatic heterocycles. The van der Waals surface area contributed by atoms with Crippen molar-refractivity contribution in [3.05, 3.63) is 42.2 Å². The van der Waals surface area contributed by atoms with Gasteiger partial charge in [0.2, 0.25) is 5.91 Å². The zero-order chi connectivity index (χ0) is 13.8. The third kappa shape index (κ3) is 3.68. The normalized spacial score (nSPS) is 12.2. The molecule has 0 aliphatic carbocycles. The predicted molar refractivity (Wildman–Crippen MR) is 75.6 cm³/mol. The van der Waals surface area contributed by atoms with Gasteiger partial charge in [0.1, 0.15) is 0 Å². The van der Waals surface area contributed by atoms with E-state index in [0.717, 1.165) is 17.5 Å². The number of aromatic nitrogens is 2. The summed E-state index contributed by atoms with van der Waals surface area (Å²) in [7, 11) is 1.91. The maximum Gasteiger partial charge on any atom is 0.217 e. The van der Waals surface area contributed by atoms with Gasteiger partial charge in [0, 0.05) is 31.8 Å². The summed E-state index contributed by atoms with van der Waals surface area (Å²) in [4.78, 5) is 11.0. The number of carbonyl (C=O) groups is 1. The van der Waals surface area contributed by atoms with Crippen LogP contribution in [0.5, 0.6) is 0 Å². The lowest BCUT2D eigenvalue weighted by atomic mass is 10.0. The van der Waals surface area contributed by atoms with E-state index in [4.69, 9.17) is 0 Å². The van der Waals surface area contributed by atoms with Crippen LogP contribution in [0.3, 0.4) is 0 Å². The van der Waals surface area contributed by atoms with Crippen LogP contribution in [-0.4, -0.2) is 21.7 Å². The van der Waals surface area contributed by atoms with E-state index in [1.165, 1.54) is 5.56 Å². The van der Waals surface area contributed by atoms with Crippen molar-refractivity contribution in [2.45, 2.75) is 26.3 Å². The minimum atomic E-state index is 0.0134. The Kier molecular flexibility index (Phi) is 4.00. The summed E-state index contributed by atoms with van der Waals surface area (Å²) in [6.45, 7) is 3.55. The highest BCUT2D eigenvalue weighted by Gasteiger charge is 2.05. The molecule has 4 heteroatoms. The van der Waals surface area contributed by atoms with Crippen LogP contribution < -0.4 is 5.32 Å². The van der Waals surface area contributed by atoms with Crippen LogP contribution in [0.4, 0.5) is 0 Å². The minimum Gasteiger partial charge on any atom is -0.354 e. The van der Waals surface area contributed by atoms with E-state index in [9.17, 15) is 4.79 Å². The molecule has 1 aromatic carbocycles. The molecule has 0 bridgehead atoms. The largest absolute Gasteiger partial charge is 0.354 e. The van der Waals surface area contributed by atoms with Crippen molar-refractivity contribution in [2.75, 3.05) is 0 Å². The van der Waals surface area contributed by atoms with Crippen molar-refractivity contribution in [3.8, 4) is 11.1 Å². The Labute approximate surface area is 113 Å². The molecule has 100 valence electrons. The zero-order valence-corrected chi connectivity index (χ0v) is 11.6. The highest BCUT2D eigenvalue weighted by atomic mass is 16.1. The van der Waals surface area contributed by atoms with Crippen LogP contribution in [0, 0.1) is 0 Å². The van der Waals surface area contributed by atoms with Crippen LogP contribution >= 0.6 is 0 Å². The summed E-state index contributed by atoms with van der Waals surface area (Å²) in [6, 6.07) is 8.53. The van der Waals surface area contributed by atoms with Gasteiger partial charge in [-0.3, -0.25) is 9.48 Å². The van der Waals surface area contributed by atoms with Gasteiger partial charge >= 0.3 is 0 Å². The summed E-state index contributed by atoms with van der Waals surface area (Å²) >= 11 is 0. The van der Waals surface area contributed by atoms with Gasteiger partial charge in [-0.2, -0.15) is 5.10 Å². The molecule has 0 aliphatic rings. The molecule has 0 saturated carbocycles. The first kappa shape index (κ1) is 13.3. The fraction of sp³-hybridized carbons (Fsp3) is 0.333. The van der Waals surface area contributed by atoms with Gasteiger partial charge in [0.25, 0.3) is 0 Å². The van der Waals surface area contributed by atoms with Crippen molar-refractivity contribution in [2.24, 2.45) is 7.05 Å². The van der Waals surface area contributed by atoms with E-state index < -0.39 is 0 Å². The lowest BCUT2D eigenvalue weighted by molar-refractivity contribution is -0.119. The number of rotatable bonds is 4. The second-order valence-electron chi connectivity index (χ2n) is 4.91.